The molecular weight excluding hydrogens is 460 g/mol. The van der Waals surface area contributed by atoms with E-state index in [2.05, 4.69) is 25.7 Å². The van der Waals surface area contributed by atoms with Gasteiger partial charge in [0.15, 0.2) is 5.82 Å². The van der Waals surface area contributed by atoms with E-state index in [4.69, 9.17) is 4.42 Å². The number of oxazole rings is 1. The molecule has 1 aromatic carbocycles. The largest absolute Gasteiger partial charge is 0.431 e. The average Bonchev–Trinajstić information content (AvgIpc) is 3.81. The minimum absolute atomic E-state index is 0.0102. The highest BCUT2D eigenvalue weighted by atomic mass is 16.4. The fourth-order valence-electron chi connectivity index (χ4n) is 4.29. The van der Waals surface area contributed by atoms with Crippen LogP contribution in [0, 0.1) is 11.8 Å². The number of hydrogen-bond donors (Lipinski definition) is 3. The lowest BCUT2D eigenvalue weighted by Gasteiger charge is -2.12. The van der Waals surface area contributed by atoms with Gasteiger partial charge < -0.3 is 20.2 Å². The summed E-state index contributed by atoms with van der Waals surface area (Å²) in [5.74, 6) is 1.61. The van der Waals surface area contributed by atoms with Gasteiger partial charge in [-0.3, -0.25) is 9.59 Å². The van der Waals surface area contributed by atoms with Gasteiger partial charge in [-0.2, -0.15) is 5.10 Å². The van der Waals surface area contributed by atoms with Crippen molar-refractivity contribution >= 4 is 11.8 Å². The molecule has 2 aliphatic rings. The van der Waals surface area contributed by atoms with Crippen LogP contribution in [-0.4, -0.2) is 55.4 Å². The van der Waals surface area contributed by atoms with Crippen molar-refractivity contribution in [1.29, 1.82) is 0 Å². The average molecular weight is 493 g/mol. The van der Waals surface area contributed by atoms with Gasteiger partial charge in [0.05, 0.1) is 6.20 Å². The number of aliphatic hydroxyl groups is 1. The minimum Gasteiger partial charge on any atom is -0.431 e. The monoisotopic (exact) mass is 492 g/mol. The van der Waals surface area contributed by atoms with E-state index in [0.29, 0.717) is 47.6 Å². The number of nitrogens with zero attached hydrogens (tertiary/aromatic N) is 4. The molecule has 2 aliphatic carbocycles. The molecule has 0 radical (unpaired) electrons. The second kappa shape index (κ2) is 10.2. The van der Waals surface area contributed by atoms with E-state index in [9.17, 15) is 14.7 Å². The molecule has 0 saturated heterocycles. The highest BCUT2D eigenvalue weighted by Crippen LogP contribution is 2.33. The van der Waals surface area contributed by atoms with Crippen LogP contribution in [0.4, 0.5) is 0 Å². The van der Waals surface area contributed by atoms with Crippen molar-refractivity contribution < 1.29 is 19.1 Å². The highest BCUT2D eigenvalue weighted by molar-refractivity contribution is 5.92. The van der Waals surface area contributed by atoms with Crippen LogP contribution in [0.15, 0.2) is 34.9 Å². The van der Waals surface area contributed by atoms with Crippen molar-refractivity contribution in [3.05, 3.63) is 42.0 Å². The Bertz CT molecular complexity index is 1240. The molecule has 190 valence electrons. The van der Waals surface area contributed by atoms with Gasteiger partial charge in [-0.05, 0) is 69.9 Å². The van der Waals surface area contributed by atoms with Crippen LogP contribution >= 0.6 is 0 Å². The van der Waals surface area contributed by atoms with E-state index >= 15 is 0 Å². The second-order valence-corrected chi connectivity index (χ2v) is 9.87. The predicted molar refractivity (Wildman–Crippen MR) is 132 cm³/mol. The topological polar surface area (TPSA) is 135 Å². The Balaban J connectivity index is 1.35. The maximum Gasteiger partial charge on any atom is 0.289 e. The first-order chi connectivity index (χ1) is 17.4. The van der Waals surface area contributed by atoms with Crippen molar-refractivity contribution in [2.45, 2.75) is 64.6 Å². The SMILES string of the molecule is CC(NC(=O)c1cnc(-c2cccc(-c3nc(C(=O)NC(C)C4CC4)n(CCCO)n3)c2)o1)C1CC1. The Kier molecular flexibility index (Phi) is 6.86. The summed E-state index contributed by atoms with van der Waals surface area (Å²) in [5, 5.41) is 19.8. The molecule has 0 bridgehead atoms. The lowest BCUT2D eigenvalue weighted by Crippen LogP contribution is -2.35. The number of hydrogen-bond acceptors (Lipinski definition) is 7. The molecule has 2 heterocycles. The van der Waals surface area contributed by atoms with Crippen LogP contribution in [0.3, 0.4) is 0 Å². The smallest absolute Gasteiger partial charge is 0.289 e. The first kappa shape index (κ1) is 24.2. The van der Waals surface area contributed by atoms with Crippen molar-refractivity contribution in [3.63, 3.8) is 0 Å². The zero-order chi connectivity index (χ0) is 25.2. The molecule has 10 nitrogen and oxygen atoms in total. The van der Waals surface area contributed by atoms with Gasteiger partial charge >= 0.3 is 0 Å². The quantitative estimate of drug-likeness (QED) is 0.374. The van der Waals surface area contributed by atoms with Crippen molar-refractivity contribution in [3.8, 4) is 22.8 Å². The van der Waals surface area contributed by atoms with E-state index < -0.39 is 0 Å². The third kappa shape index (κ3) is 5.48. The van der Waals surface area contributed by atoms with Crippen molar-refractivity contribution in [2.75, 3.05) is 6.61 Å². The number of aryl methyl sites for hydroxylation is 1. The minimum atomic E-state index is -0.273. The standard InChI is InChI=1S/C26H32N6O4/c1-15(17-7-8-17)28-24(34)21-14-27-26(36-21)20-6-3-5-19(13-20)22-30-23(32(31-22)11-4-12-33)25(35)29-16(2)18-9-10-18/h3,5-6,13-18,33H,4,7-12H2,1-2H3,(H,28,34)(H,29,35). The molecule has 2 aromatic heterocycles. The molecule has 2 saturated carbocycles. The first-order valence-electron chi connectivity index (χ1n) is 12.7. The van der Waals surface area contributed by atoms with Gasteiger partial charge in [-0.25, -0.2) is 14.6 Å². The number of rotatable bonds is 11. The Morgan fingerprint density at radius 3 is 2.42 bits per heavy atom. The molecule has 2 amide bonds. The molecule has 0 aliphatic heterocycles. The summed E-state index contributed by atoms with van der Waals surface area (Å²) in [6.07, 6.45) is 6.43. The third-order valence-electron chi connectivity index (χ3n) is 6.88. The molecule has 5 rings (SSSR count). The molecule has 10 heteroatoms. The summed E-state index contributed by atoms with van der Waals surface area (Å²) < 4.78 is 7.30. The van der Waals surface area contributed by atoms with Gasteiger partial charge in [-0.15, -0.1) is 0 Å². The summed E-state index contributed by atoms with van der Waals surface area (Å²) in [7, 11) is 0. The summed E-state index contributed by atoms with van der Waals surface area (Å²) in [5.41, 5.74) is 1.35. The predicted octanol–water partition coefficient (Wildman–Crippen LogP) is 3.04. The number of aromatic nitrogens is 4. The number of amides is 2. The highest BCUT2D eigenvalue weighted by Gasteiger charge is 2.31. The lowest BCUT2D eigenvalue weighted by molar-refractivity contribution is 0.0904. The fourth-order valence-corrected chi connectivity index (χ4v) is 4.29. The Morgan fingerprint density at radius 1 is 1.08 bits per heavy atom. The molecule has 2 fully saturated rings. The van der Waals surface area contributed by atoms with Gasteiger partial charge in [-0.1, -0.05) is 12.1 Å². The molecule has 3 N–H and O–H groups in total. The number of benzene rings is 1. The maximum atomic E-state index is 12.9. The lowest BCUT2D eigenvalue weighted by atomic mass is 10.1. The van der Waals surface area contributed by atoms with E-state index in [0.717, 1.165) is 25.7 Å². The Hall–Kier alpha value is -3.53. The fraction of sp³-hybridized carbons (Fsp3) is 0.500. The van der Waals surface area contributed by atoms with Crippen LogP contribution in [0.1, 0.15) is 67.1 Å². The summed E-state index contributed by atoms with van der Waals surface area (Å²) in [4.78, 5) is 34.3. The van der Waals surface area contributed by atoms with Crippen LogP contribution in [-0.2, 0) is 6.54 Å². The number of nitrogens with one attached hydrogen (secondary N) is 2. The van der Waals surface area contributed by atoms with Crippen LogP contribution in [0.5, 0.6) is 0 Å². The van der Waals surface area contributed by atoms with E-state index in [-0.39, 0.29) is 42.1 Å². The summed E-state index contributed by atoms with van der Waals surface area (Å²) >= 11 is 0. The molecule has 36 heavy (non-hydrogen) atoms. The van der Waals surface area contributed by atoms with Gasteiger partial charge in [0.2, 0.25) is 17.5 Å². The Labute approximate surface area is 209 Å². The molecule has 2 unspecified atom stereocenters. The summed E-state index contributed by atoms with van der Waals surface area (Å²) in [6, 6.07) is 7.51. The zero-order valence-electron chi connectivity index (χ0n) is 20.6. The normalized spacial score (nSPS) is 17.0. The molecular formula is C26H32N6O4. The third-order valence-corrected chi connectivity index (χ3v) is 6.88. The van der Waals surface area contributed by atoms with E-state index in [1.54, 1.807) is 4.68 Å². The summed E-state index contributed by atoms with van der Waals surface area (Å²) in [6.45, 7) is 4.38. The zero-order valence-corrected chi connectivity index (χ0v) is 20.6. The molecule has 2 atom stereocenters. The van der Waals surface area contributed by atoms with Crippen LogP contribution < -0.4 is 10.6 Å². The molecule has 0 spiro atoms. The second-order valence-electron chi connectivity index (χ2n) is 9.87. The van der Waals surface area contributed by atoms with Crippen molar-refractivity contribution in [1.82, 2.24) is 30.4 Å². The molecule has 3 aromatic rings. The maximum absolute atomic E-state index is 12.9. The van der Waals surface area contributed by atoms with E-state index in [1.807, 2.05) is 38.1 Å². The number of carbonyl (C=O) groups is 2. The van der Waals surface area contributed by atoms with Crippen LogP contribution in [0.2, 0.25) is 0 Å². The first-order valence-corrected chi connectivity index (χ1v) is 12.7. The van der Waals surface area contributed by atoms with Gasteiger partial charge in [0, 0.05) is 36.4 Å². The van der Waals surface area contributed by atoms with Crippen molar-refractivity contribution in [2.24, 2.45) is 11.8 Å². The van der Waals surface area contributed by atoms with Gasteiger partial charge in [0.25, 0.3) is 11.8 Å². The number of aliphatic hydroxyl groups excluding tert-OH is 1. The van der Waals surface area contributed by atoms with E-state index in [1.165, 1.54) is 6.20 Å². The van der Waals surface area contributed by atoms with Crippen LogP contribution in [0.25, 0.3) is 22.8 Å². The Morgan fingerprint density at radius 2 is 1.75 bits per heavy atom. The van der Waals surface area contributed by atoms with Gasteiger partial charge in [0.1, 0.15) is 0 Å². The number of carbonyl (C=O) groups excluding carboxylic acids is 2.